The van der Waals surface area contributed by atoms with Crippen molar-refractivity contribution in [2.75, 3.05) is 26.7 Å². The van der Waals surface area contributed by atoms with Crippen molar-refractivity contribution in [1.82, 2.24) is 15.5 Å². The molecule has 0 atom stereocenters. The Hall–Kier alpha value is -1.46. The minimum absolute atomic E-state index is 0.0659. The van der Waals surface area contributed by atoms with Gasteiger partial charge in [-0.15, -0.1) is 0 Å². The number of carbonyl (C=O) groups is 1. The number of hydrogen-bond acceptors (Lipinski definition) is 3. The molecule has 1 aliphatic heterocycles. The molecule has 0 unspecified atom stereocenters. The molecule has 20 heavy (non-hydrogen) atoms. The summed E-state index contributed by atoms with van der Waals surface area (Å²) in [5, 5.41) is 6.10. The van der Waals surface area contributed by atoms with E-state index in [0.717, 1.165) is 31.5 Å². The van der Waals surface area contributed by atoms with Crippen molar-refractivity contribution in [3.8, 4) is 0 Å². The highest BCUT2D eigenvalue weighted by molar-refractivity contribution is 5.77. The van der Waals surface area contributed by atoms with Gasteiger partial charge in [0, 0.05) is 32.7 Å². The van der Waals surface area contributed by atoms with Gasteiger partial charge in [-0.2, -0.15) is 0 Å². The Labute approximate surface area is 119 Å². The molecule has 110 valence electrons. The molecule has 0 spiro atoms. The molecule has 1 heterocycles. The number of piperidine rings is 1. The number of nitrogens with one attached hydrogen (secondary N) is 2. The Bertz CT molecular complexity index is 444. The number of hydrogen-bond donors (Lipinski definition) is 2. The van der Waals surface area contributed by atoms with Crippen molar-refractivity contribution in [3.05, 3.63) is 35.6 Å². The third-order valence-corrected chi connectivity index (χ3v) is 3.72. The van der Waals surface area contributed by atoms with Crippen LogP contribution in [0.2, 0.25) is 0 Å². The average Bonchev–Trinajstić information content (AvgIpc) is 2.46. The number of likely N-dealkylation sites (N-methyl/N-ethyl adjacent to an activating group) is 1. The smallest absolute Gasteiger partial charge is 0.233 e. The first-order chi connectivity index (χ1) is 9.67. The molecule has 1 saturated heterocycles. The van der Waals surface area contributed by atoms with Gasteiger partial charge in [0.05, 0.1) is 6.54 Å². The first kappa shape index (κ1) is 14.9. The lowest BCUT2D eigenvalue weighted by molar-refractivity contribution is -0.122. The summed E-state index contributed by atoms with van der Waals surface area (Å²) >= 11 is 0. The van der Waals surface area contributed by atoms with Crippen LogP contribution in [0.15, 0.2) is 24.3 Å². The summed E-state index contributed by atoms with van der Waals surface area (Å²) in [7, 11) is 1.66. The summed E-state index contributed by atoms with van der Waals surface area (Å²) in [6.45, 7) is 3.02. The maximum absolute atomic E-state index is 13.1. The number of benzene rings is 1. The highest BCUT2D eigenvalue weighted by Gasteiger charge is 2.19. The molecule has 0 saturated carbocycles. The first-order valence-corrected chi connectivity index (χ1v) is 7.08. The van der Waals surface area contributed by atoms with E-state index in [1.807, 2.05) is 6.07 Å². The van der Waals surface area contributed by atoms with Crippen molar-refractivity contribution in [2.45, 2.75) is 25.4 Å². The molecule has 0 bridgehead atoms. The average molecular weight is 279 g/mol. The number of carbonyl (C=O) groups excluding carboxylic acids is 1. The zero-order valence-electron chi connectivity index (χ0n) is 11.9. The van der Waals surface area contributed by atoms with Gasteiger partial charge in [-0.1, -0.05) is 12.1 Å². The number of amides is 1. The largest absolute Gasteiger partial charge is 0.358 e. The predicted molar refractivity (Wildman–Crippen MR) is 76.8 cm³/mol. The molecule has 1 aromatic carbocycles. The van der Waals surface area contributed by atoms with Crippen LogP contribution >= 0.6 is 0 Å². The van der Waals surface area contributed by atoms with Crippen LogP contribution in [0.5, 0.6) is 0 Å². The summed E-state index contributed by atoms with van der Waals surface area (Å²) < 4.78 is 13.1. The SMILES string of the molecule is CNC(=O)CN1CCC(NCc2cccc(F)c2)CC1. The van der Waals surface area contributed by atoms with Crippen LogP contribution in [0.1, 0.15) is 18.4 Å². The number of halogens is 1. The van der Waals surface area contributed by atoms with Crippen LogP contribution in [0, 0.1) is 5.82 Å². The van der Waals surface area contributed by atoms with Crippen molar-refractivity contribution < 1.29 is 9.18 Å². The van der Waals surface area contributed by atoms with Crippen LogP contribution in [0.4, 0.5) is 4.39 Å². The molecule has 1 fully saturated rings. The standard InChI is InChI=1S/C15H22FN3O/c1-17-15(20)11-19-7-5-14(6-8-19)18-10-12-3-2-4-13(16)9-12/h2-4,9,14,18H,5-8,10-11H2,1H3,(H,17,20). The Morgan fingerprint density at radius 3 is 2.80 bits per heavy atom. The summed E-state index contributed by atoms with van der Waals surface area (Å²) in [5.74, 6) is -0.124. The molecule has 0 radical (unpaired) electrons. The minimum atomic E-state index is -0.190. The zero-order chi connectivity index (χ0) is 14.4. The zero-order valence-corrected chi connectivity index (χ0v) is 11.9. The van der Waals surface area contributed by atoms with Gasteiger partial charge in [-0.05, 0) is 30.5 Å². The predicted octanol–water partition coefficient (Wildman–Crippen LogP) is 1.13. The van der Waals surface area contributed by atoms with Gasteiger partial charge in [0.1, 0.15) is 5.82 Å². The maximum Gasteiger partial charge on any atom is 0.233 e. The summed E-state index contributed by atoms with van der Waals surface area (Å²) in [4.78, 5) is 13.5. The van der Waals surface area contributed by atoms with E-state index < -0.39 is 0 Å². The van der Waals surface area contributed by atoms with Gasteiger partial charge in [0.2, 0.25) is 5.91 Å². The van der Waals surface area contributed by atoms with E-state index in [4.69, 9.17) is 0 Å². The lowest BCUT2D eigenvalue weighted by Gasteiger charge is -2.31. The van der Waals surface area contributed by atoms with Crippen LogP contribution in [-0.2, 0) is 11.3 Å². The molecule has 4 nitrogen and oxygen atoms in total. The molecular weight excluding hydrogens is 257 g/mol. The van der Waals surface area contributed by atoms with Gasteiger partial charge >= 0.3 is 0 Å². The Morgan fingerprint density at radius 2 is 2.15 bits per heavy atom. The summed E-state index contributed by atoms with van der Waals surface area (Å²) in [6, 6.07) is 7.13. The first-order valence-electron chi connectivity index (χ1n) is 7.08. The van der Waals surface area contributed by atoms with Crippen LogP contribution in [0.25, 0.3) is 0 Å². The molecule has 1 amide bonds. The molecule has 5 heteroatoms. The lowest BCUT2D eigenvalue weighted by atomic mass is 10.0. The quantitative estimate of drug-likeness (QED) is 0.849. The number of nitrogens with zero attached hydrogens (tertiary/aromatic N) is 1. The van der Waals surface area contributed by atoms with E-state index in [0.29, 0.717) is 19.1 Å². The third-order valence-electron chi connectivity index (χ3n) is 3.72. The molecular formula is C15H22FN3O. The number of likely N-dealkylation sites (tertiary alicyclic amines) is 1. The fourth-order valence-electron chi connectivity index (χ4n) is 2.49. The van der Waals surface area contributed by atoms with E-state index in [9.17, 15) is 9.18 Å². The highest BCUT2D eigenvalue weighted by Crippen LogP contribution is 2.11. The van der Waals surface area contributed by atoms with E-state index in [1.54, 1.807) is 19.2 Å². The van der Waals surface area contributed by atoms with Crippen LogP contribution in [0.3, 0.4) is 0 Å². The molecule has 2 rings (SSSR count). The van der Waals surface area contributed by atoms with Gasteiger partial charge < -0.3 is 10.6 Å². The molecule has 0 aliphatic carbocycles. The van der Waals surface area contributed by atoms with Crippen molar-refractivity contribution in [2.24, 2.45) is 0 Å². The lowest BCUT2D eigenvalue weighted by Crippen LogP contribution is -2.45. The van der Waals surface area contributed by atoms with Gasteiger partial charge in [-0.3, -0.25) is 9.69 Å². The number of rotatable bonds is 5. The van der Waals surface area contributed by atoms with Crippen molar-refractivity contribution in [3.63, 3.8) is 0 Å². The fraction of sp³-hybridized carbons (Fsp3) is 0.533. The topological polar surface area (TPSA) is 44.4 Å². The van der Waals surface area contributed by atoms with Gasteiger partial charge in [-0.25, -0.2) is 4.39 Å². The second-order valence-corrected chi connectivity index (χ2v) is 5.23. The second-order valence-electron chi connectivity index (χ2n) is 5.23. The second kappa shape index (κ2) is 7.36. The van der Waals surface area contributed by atoms with E-state index in [-0.39, 0.29) is 11.7 Å². The Balaban J connectivity index is 1.70. The minimum Gasteiger partial charge on any atom is -0.358 e. The normalized spacial score (nSPS) is 17.1. The third kappa shape index (κ3) is 4.58. The summed E-state index contributed by atoms with van der Waals surface area (Å²) in [6.07, 6.45) is 2.04. The van der Waals surface area contributed by atoms with Gasteiger partial charge in [0.25, 0.3) is 0 Å². The Morgan fingerprint density at radius 1 is 1.40 bits per heavy atom. The van der Waals surface area contributed by atoms with Gasteiger partial charge in [0.15, 0.2) is 0 Å². The Kier molecular flexibility index (Phi) is 5.49. The monoisotopic (exact) mass is 279 g/mol. The summed E-state index contributed by atoms with van der Waals surface area (Å²) in [5.41, 5.74) is 0.970. The highest BCUT2D eigenvalue weighted by atomic mass is 19.1. The van der Waals surface area contributed by atoms with E-state index in [1.165, 1.54) is 6.07 Å². The molecule has 0 aromatic heterocycles. The maximum atomic E-state index is 13.1. The fourth-order valence-corrected chi connectivity index (χ4v) is 2.49. The molecule has 1 aromatic rings. The van der Waals surface area contributed by atoms with Crippen LogP contribution in [-0.4, -0.2) is 43.5 Å². The molecule has 2 N–H and O–H groups in total. The van der Waals surface area contributed by atoms with E-state index in [2.05, 4.69) is 15.5 Å². The van der Waals surface area contributed by atoms with Crippen molar-refractivity contribution in [1.29, 1.82) is 0 Å². The van der Waals surface area contributed by atoms with Crippen LogP contribution < -0.4 is 10.6 Å². The molecule has 1 aliphatic rings. The van der Waals surface area contributed by atoms with E-state index >= 15 is 0 Å². The van der Waals surface area contributed by atoms with Crippen molar-refractivity contribution >= 4 is 5.91 Å².